The molecule has 0 amide bonds. The van der Waals surface area contributed by atoms with Crippen LogP contribution in [0.15, 0.2) is 18.5 Å². The van der Waals surface area contributed by atoms with Crippen LogP contribution in [0.5, 0.6) is 0 Å². The van der Waals surface area contributed by atoms with Crippen molar-refractivity contribution >= 4 is 26.8 Å². The van der Waals surface area contributed by atoms with E-state index in [1.165, 1.54) is 0 Å². The van der Waals surface area contributed by atoms with E-state index in [1.54, 1.807) is 6.20 Å². The zero-order valence-electron chi connectivity index (χ0n) is 14.6. The van der Waals surface area contributed by atoms with Gasteiger partial charge in [0.1, 0.15) is 5.82 Å². The zero-order chi connectivity index (χ0) is 17.9. The number of hydrogen-bond donors (Lipinski definition) is 2. The minimum atomic E-state index is -3.20. The summed E-state index contributed by atoms with van der Waals surface area (Å²) >= 11 is 0. The summed E-state index contributed by atoms with van der Waals surface area (Å²) in [4.78, 5) is 7.47. The fourth-order valence-corrected chi connectivity index (χ4v) is 6.16. The van der Waals surface area contributed by atoms with Gasteiger partial charge in [-0.3, -0.25) is 4.40 Å². The number of rotatable bonds is 4. The SMILES string of the molecule is C[C@H]1C[C@@H](NS(=O)(=O)C2CCC2)C[C@H]1c1nnc2cnc3[nH]ccc3n12. The van der Waals surface area contributed by atoms with Crippen LogP contribution in [-0.2, 0) is 10.0 Å². The van der Waals surface area contributed by atoms with Gasteiger partial charge in [0, 0.05) is 18.2 Å². The van der Waals surface area contributed by atoms with Crippen LogP contribution in [-0.4, -0.2) is 44.3 Å². The van der Waals surface area contributed by atoms with E-state index in [-0.39, 0.29) is 17.2 Å². The van der Waals surface area contributed by atoms with E-state index in [1.807, 2.05) is 16.7 Å². The summed E-state index contributed by atoms with van der Waals surface area (Å²) in [5, 5.41) is 8.51. The van der Waals surface area contributed by atoms with E-state index < -0.39 is 10.0 Å². The Labute approximate surface area is 151 Å². The van der Waals surface area contributed by atoms with Gasteiger partial charge < -0.3 is 4.98 Å². The molecule has 3 aromatic rings. The van der Waals surface area contributed by atoms with E-state index in [0.29, 0.717) is 5.92 Å². The second-order valence-corrected chi connectivity index (χ2v) is 9.68. The van der Waals surface area contributed by atoms with Crippen LogP contribution in [0.4, 0.5) is 0 Å². The molecule has 3 aromatic heterocycles. The molecule has 3 atom stereocenters. The molecule has 0 saturated heterocycles. The van der Waals surface area contributed by atoms with Gasteiger partial charge in [0.2, 0.25) is 10.0 Å². The fraction of sp³-hybridized carbons (Fsp3) is 0.588. The van der Waals surface area contributed by atoms with Crippen molar-refractivity contribution < 1.29 is 8.42 Å². The quantitative estimate of drug-likeness (QED) is 0.726. The lowest BCUT2D eigenvalue weighted by Crippen LogP contribution is -2.42. The van der Waals surface area contributed by atoms with Gasteiger partial charge in [-0.1, -0.05) is 13.3 Å². The molecule has 2 fully saturated rings. The summed E-state index contributed by atoms with van der Waals surface area (Å²) in [6.07, 6.45) is 7.74. The molecule has 0 bridgehead atoms. The van der Waals surface area contributed by atoms with Crippen LogP contribution in [0, 0.1) is 5.92 Å². The molecule has 0 aliphatic heterocycles. The van der Waals surface area contributed by atoms with Gasteiger partial charge in [-0.2, -0.15) is 0 Å². The molecule has 138 valence electrons. The van der Waals surface area contributed by atoms with Gasteiger partial charge in [0.15, 0.2) is 11.3 Å². The monoisotopic (exact) mass is 374 g/mol. The molecule has 2 saturated carbocycles. The van der Waals surface area contributed by atoms with Gasteiger partial charge in [-0.05, 0) is 37.7 Å². The summed E-state index contributed by atoms with van der Waals surface area (Å²) in [5.74, 6) is 1.39. The first-order valence-electron chi connectivity index (χ1n) is 9.21. The average Bonchev–Trinajstić information content (AvgIpc) is 3.21. The standard InChI is InChI=1S/C17H22N6O2S/c1-10-7-11(22-26(24,25)12-3-2-4-12)8-13(10)17-21-20-15-9-19-16-14(23(15)17)5-6-18-16/h5-6,9-13,18,22H,2-4,7-8H2,1H3/t10-,11+,13+/m0/s1. The highest BCUT2D eigenvalue weighted by Crippen LogP contribution is 2.40. The molecule has 5 rings (SSSR count). The number of aromatic amines is 1. The van der Waals surface area contributed by atoms with Crippen molar-refractivity contribution in [1.82, 2.24) is 29.3 Å². The summed E-state index contributed by atoms with van der Waals surface area (Å²) in [5.41, 5.74) is 2.47. The number of fused-ring (bicyclic) bond motifs is 3. The van der Waals surface area contributed by atoms with Crippen molar-refractivity contribution in [3.63, 3.8) is 0 Å². The van der Waals surface area contributed by atoms with E-state index >= 15 is 0 Å². The summed E-state index contributed by atoms with van der Waals surface area (Å²) in [6.45, 7) is 2.17. The van der Waals surface area contributed by atoms with Crippen LogP contribution >= 0.6 is 0 Å². The Morgan fingerprint density at radius 2 is 2.12 bits per heavy atom. The lowest BCUT2D eigenvalue weighted by atomic mass is 9.97. The van der Waals surface area contributed by atoms with Crippen LogP contribution in [0.3, 0.4) is 0 Å². The maximum atomic E-state index is 12.5. The average molecular weight is 374 g/mol. The van der Waals surface area contributed by atoms with E-state index in [0.717, 1.165) is 54.7 Å². The highest BCUT2D eigenvalue weighted by atomic mass is 32.2. The first-order chi connectivity index (χ1) is 12.5. The lowest BCUT2D eigenvalue weighted by molar-refractivity contribution is 0.458. The van der Waals surface area contributed by atoms with Gasteiger partial charge >= 0.3 is 0 Å². The predicted octanol–water partition coefficient (Wildman–Crippen LogP) is 1.96. The summed E-state index contributed by atoms with van der Waals surface area (Å²) in [6, 6.07) is 1.94. The third kappa shape index (κ3) is 2.44. The molecule has 2 N–H and O–H groups in total. The predicted molar refractivity (Wildman–Crippen MR) is 97.3 cm³/mol. The number of sulfonamides is 1. The minimum Gasteiger partial charge on any atom is -0.345 e. The molecule has 3 heterocycles. The molecule has 0 aromatic carbocycles. The van der Waals surface area contributed by atoms with Crippen molar-refractivity contribution in [2.24, 2.45) is 5.92 Å². The van der Waals surface area contributed by atoms with Crippen molar-refractivity contribution in [2.45, 2.75) is 56.2 Å². The third-order valence-electron chi connectivity index (χ3n) is 6.00. The molecule has 0 spiro atoms. The highest BCUT2D eigenvalue weighted by Gasteiger charge is 2.39. The Morgan fingerprint density at radius 1 is 1.27 bits per heavy atom. The smallest absolute Gasteiger partial charge is 0.214 e. The van der Waals surface area contributed by atoms with Crippen LogP contribution in [0.25, 0.3) is 16.8 Å². The zero-order valence-corrected chi connectivity index (χ0v) is 15.4. The molecular weight excluding hydrogens is 352 g/mol. The Bertz CT molecular complexity index is 1070. The van der Waals surface area contributed by atoms with E-state index in [9.17, 15) is 8.42 Å². The fourth-order valence-electron chi connectivity index (χ4n) is 4.35. The topological polar surface area (TPSA) is 105 Å². The van der Waals surface area contributed by atoms with Gasteiger partial charge in [0.05, 0.1) is 17.0 Å². The normalized spacial score (nSPS) is 27.3. The Kier molecular flexibility index (Phi) is 3.58. The number of aromatic nitrogens is 5. The van der Waals surface area contributed by atoms with Crippen molar-refractivity contribution in [3.05, 3.63) is 24.3 Å². The molecule has 2 aliphatic carbocycles. The van der Waals surface area contributed by atoms with Gasteiger partial charge in [-0.15, -0.1) is 10.2 Å². The molecule has 2 aliphatic rings. The van der Waals surface area contributed by atoms with Crippen LogP contribution < -0.4 is 4.72 Å². The van der Waals surface area contributed by atoms with Crippen molar-refractivity contribution in [1.29, 1.82) is 0 Å². The number of H-pyrrole nitrogens is 1. The Hall–Kier alpha value is -2.00. The second-order valence-electron chi connectivity index (χ2n) is 7.69. The Morgan fingerprint density at radius 3 is 2.88 bits per heavy atom. The number of nitrogens with one attached hydrogen (secondary N) is 2. The second kappa shape index (κ2) is 5.75. The molecule has 8 nitrogen and oxygen atoms in total. The van der Waals surface area contributed by atoms with Crippen molar-refractivity contribution in [2.75, 3.05) is 0 Å². The Balaban J connectivity index is 1.45. The van der Waals surface area contributed by atoms with Gasteiger partial charge in [-0.25, -0.2) is 18.1 Å². The maximum absolute atomic E-state index is 12.5. The first-order valence-corrected chi connectivity index (χ1v) is 10.8. The molecule has 9 heteroatoms. The van der Waals surface area contributed by atoms with Crippen LogP contribution in [0.1, 0.15) is 50.8 Å². The lowest BCUT2D eigenvalue weighted by Gasteiger charge is -2.27. The highest BCUT2D eigenvalue weighted by molar-refractivity contribution is 7.90. The summed E-state index contributed by atoms with van der Waals surface area (Å²) in [7, 11) is -3.20. The van der Waals surface area contributed by atoms with E-state index in [4.69, 9.17) is 0 Å². The minimum absolute atomic E-state index is 0.0310. The van der Waals surface area contributed by atoms with Crippen molar-refractivity contribution in [3.8, 4) is 0 Å². The third-order valence-corrected chi connectivity index (χ3v) is 8.01. The maximum Gasteiger partial charge on any atom is 0.214 e. The van der Waals surface area contributed by atoms with Crippen LogP contribution in [0.2, 0.25) is 0 Å². The summed E-state index contributed by atoms with van der Waals surface area (Å²) < 4.78 is 29.9. The molecule has 26 heavy (non-hydrogen) atoms. The first kappa shape index (κ1) is 16.2. The molecule has 0 radical (unpaired) electrons. The molecule has 0 unspecified atom stereocenters. The van der Waals surface area contributed by atoms with E-state index in [2.05, 4.69) is 31.8 Å². The largest absolute Gasteiger partial charge is 0.345 e. The van der Waals surface area contributed by atoms with Gasteiger partial charge in [0.25, 0.3) is 0 Å². The number of nitrogens with zero attached hydrogens (tertiary/aromatic N) is 4. The molecular formula is C17H22N6O2S. The number of hydrogen-bond acceptors (Lipinski definition) is 5.